The van der Waals surface area contributed by atoms with E-state index in [1.807, 2.05) is 20.8 Å². The van der Waals surface area contributed by atoms with E-state index < -0.39 is 22.0 Å². The van der Waals surface area contributed by atoms with Crippen LogP contribution in [0.1, 0.15) is 34.6 Å². The number of rotatable bonds is 11. The molecule has 1 aromatic rings. The molecule has 164 valence electrons. The second-order valence-electron chi connectivity index (χ2n) is 6.83. The fraction of sp³-hybridized carbons (Fsp3) is 0.579. The van der Waals surface area contributed by atoms with E-state index in [0.29, 0.717) is 37.6 Å². The summed E-state index contributed by atoms with van der Waals surface area (Å²) in [7, 11) is -3.63. The van der Waals surface area contributed by atoms with Crippen LogP contribution in [-0.2, 0) is 14.8 Å². The molecule has 0 aliphatic heterocycles. The number of hydrogen-bond acceptors (Lipinski definition) is 6. The first kappa shape index (κ1) is 24.7. The molecular formula is C19H33N5O4S. The first-order valence-electron chi connectivity index (χ1n) is 9.85. The standard InChI is InChI=1S/C19H33N5O4S/c1-6-20-16-10-9-15(29(27,28)24(7-2)8-3)11-17(16)21-13-18(25)23-19(26)22-12-14(4)5/h9-11,14,20-21H,6-8,12-13H2,1-5H3,(H2,22,23,25,26). The van der Waals surface area contributed by atoms with Gasteiger partial charge in [-0.1, -0.05) is 27.7 Å². The van der Waals surface area contributed by atoms with Gasteiger partial charge in [-0.25, -0.2) is 13.2 Å². The number of benzene rings is 1. The van der Waals surface area contributed by atoms with Crippen molar-refractivity contribution in [3.8, 4) is 0 Å². The molecule has 0 saturated heterocycles. The quantitative estimate of drug-likeness (QED) is 0.429. The molecule has 0 atom stereocenters. The van der Waals surface area contributed by atoms with Gasteiger partial charge in [0.05, 0.1) is 22.8 Å². The third-order valence-electron chi connectivity index (χ3n) is 4.06. The average molecular weight is 428 g/mol. The number of sulfonamides is 1. The highest BCUT2D eigenvalue weighted by atomic mass is 32.2. The van der Waals surface area contributed by atoms with Crippen molar-refractivity contribution >= 4 is 33.3 Å². The number of nitrogens with zero attached hydrogens (tertiary/aromatic N) is 1. The Morgan fingerprint density at radius 2 is 1.69 bits per heavy atom. The highest BCUT2D eigenvalue weighted by molar-refractivity contribution is 7.89. The SMILES string of the molecule is CCNc1ccc(S(=O)(=O)N(CC)CC)cc1NCC(=O)NC(=O)NCC(C)C. The van der Waals surface area contributed by atoms with Crippen molar-refractivity contribution in [2.75, 3.05) is 43.4 Å². The Hall–Kier alpha value is -2.33. The minimum atomic E-state index is -3.63. The van der Waals surface area contributed by atoms with Crippen LogP contribution in [0.15, 0.2) is 23.1 Å². The lowest BCUT2D eigenvalue weighted by atomic mass is 10.2. The fourth-order valence-corrected chi connectivity index (χ4v) is 4.06. The second-order valence-corrected chi connectivity index (χ2v) is 8.77. The largest absolute Gasteiger partial charge is 0.384 e. The lowest BCUT2D eigenvalue weighted by Crippen LogP contribution is -2.43. The molecule has 10 heteroatoms. The van der Waals surface area contributed by atoms with Crippen molar-refractivity contribution in [2.24, 2.45) is 5.92 Å². The van der Waals surface area contributed by atoms with Crippen molar-refractivity contribution in [1.82, 2.24) is 14.9 Å². The fourth-order valence-electron chi connectivity index (χ4n) is 2.57. The summed E-state index contributed by atoms with van der Waals surface area (Å²) in [5.41, 5.74) is 1.14. The van der Waals surface area contributed by atoms with Gasteiger partial charge >= 0.3 is 6.03 Å². The van der Waals surface area contributed by atoms with E-state index in [1.54, 1.807) is 19.9 Å². The Morgan fingerprint density at radius 1 is 1.03 bits per heavy atom. The molecule has 9 nitrogen and oxygen atoms in total. The summed E-state index contributed by atoms with van der Waals surface area (Å²) in [6, 6.07) is 4.14. The summed E-state index contributed by atoms with van der Waals surface area (Å²) in [5.74, 6) is -0.252. The maximum Gasteiger partial charge on any atom is 0.321 e. The Kier molecular flexibility index (Phi) is 9.90. The molecular weight excluding hydrogens is 394 g/mol. The smallest absolute Gasteiger partial charge is 0.321 e. The van der Waals surface area contributed by atoms with Gasteiger partial charge in [0.15, 0.2) is 0 Å². The van der Waals surface area contributed by atoms with E-state index in [0.717, 1.165) is 0 Å². The number of imide groups is 1. The molecule has 29 heavy (non-hydrogen) atoms. The number of carbonyl (C=O) groups excluding carboxylic acids is 2. The lowest BCUT2D eigenvalue weighted by molar-refractivity contribution is -0.118. The molecule has 0 aromatic heterocycles. The normalized spacial score (nSPS) is 11.4. The maximum atomic E-state index is 12.8. The zero-order chi connectivity index (χ0) is 22.0. The van der Waals surface area contributed by atoms with Crippen LogP contribution in [0.5, 0.6) is 0 Å². The van der Waals surface area contributed by atoms with Gasteiger partial charge in [0.1, 0.15) is 0 Å². The van der Waals surface area contributed by atoms with Crippen LogP contribution in [0.25, 0.3) is 0 Å². The third kappa shape index (κ3) is 7.54. The van der Waals surface area contributed by atoms with Crippen LogP contribution in [-0.4, -0.2) is 57.4 Å². The van der Waals surface area contributed by atoms with Gasteiger partial charge in [0.25, 0.3) is 0 Å². The molecule has 0 aliphatic carbocycles. The average Bonchev–Trinajstić information content (AvgIpc) is 2.66. The van der Waals surface area contributed by atoms with Gasteiger partial charge in [0.2, 0.25) is 15.9 Å². The first-order valence-corrected chi connectivity index (χ1v) is 11.3. The minimum Gasteiger partial charge on any atom is -0.384 e. The van der Waals surface area contributed by atoms with Crippen LogP contribution in [0.4, 0.5) is 16.2 Å². The first-order chi connectivity index (χ1) is 13.6. The Balaban J connectivity index is 2.93. The van der Waals surface area contributed by atoms with Gasteiger partial charge in [-0.05, 0) is 31.0 Å². The molecule has 1 rings (SSSR count). The molecule has 0 aliphatic rings. The van der Waals surface area contributed by atoms with Crippen LogP contribution in [0, 0.1) is 5.92 Å². The van der Waals surface area contributed by atoms with E-state index in [9.17, 15) is 18.0 Å². The van der Waals surface area contributed by atoms with Crippen molar-refractivity contribution < 1.29 is 18.0 Å². The molecule has 0 radical (unpaired) electrons. The highest BCUT2D eigenvalue weighted by Crippen LogP contribution is 2.27. The van der Waals surface area contributed by atoms with Crippen LogP contribution in [0.3, 0.4) is 0 Å². The van der Waals surface area contributed by atoms with Crippen LogP contribution < -0.4 is 21.3 Å². The molecule has 0 saturated carbocycles. The van der Waals surface area contributed by atoms with Crippen molar-refractivity contribution in [3.63, 3.8) is 0 Å². The Morgan fingerprint density at radius 3 is 2.24 bits per heavy atom. The summed E-state index contributed by atoms with van der Waals surface area (Å²) in [6.45, 7) is 11.0. The predicted octanol–water partition coefficient (Wildman–Crippen LogP) is 2.04. The number of nitrogens with one attached hydrogen (secondary N) is 4. The summed E-state index contributed by atoms with van der Waals surface area (Å²) < 4.78 is 26.9. The summed E-state index contributed by atoms with van der Waals surface area (Å²) in [4.78, 5) is 23.9. The predicted molar refractivity (Wildman–Crippen MR) is 116 cm³/mol. The molecule has 4 N–H and O–H groups in total. The van der Waals surface area contributed by atoms with E-state index in [2.05, 4.69) is 21.3 Å². The summed E-state index contributed by atoms with van der Waals surface area (Å²) in [6.07, 6.45) is 0. The number of hydrogen-bond donors (Lipinski definition) is 4. The number of anilines is 2. The maximum absolute atomic E-state index is 12.8. The Bertz CT molecular complexity index is 792. The lowest BCUT2D eigenvalue weighted by Gasteiger charge is -2.20. The highest BCUT2D eigenvalue weighted by Gasteiger charge is 2.22. The van der Waals surface area contributed by atoms with E-state index >= 15 is 0 Å². The van der Waals surface area contributed by atoms with Gasteiger partial charge in [0, 0.05) is 26.2 Å². The zero-order valence-corrected chi connectivity index (χ0v) is 18.6. The molecule has 0 unspecified atom stereocenters. The zero-order valence-electron chi connectivity index (χ0n) is 17.8. The number of carbonyl (C=O) groups is 2. The van der Waals surface area contributed by atoms with Gasteiger partial charge in [-0.3, -0.25) is 10.1 Å². The summed E-state index contributed by atoms with van der Waals surface area (Å²) in [5, 5.41) is 10.9. The van der Waals surface area contributed by atoms with Gasteiger partial charge in [-0.15, -0.1) is 0 Å². The number of urea groups is 1. The number of amides is 3. The minimum absolute atomic E-state index is 0.139. The van der Waals surface area contributed by atoms with Crippen molar-refractivity contribution in [3.05, 3.63) is 18.2 Å². The van der Waals surface area contributed by atoms with Gasteiger partial charge < -0.3 is 16.0 Å². The van der Waals surface area contributed by atoms with Gasteiger partial charge in [-0.2, -0.15) is 4.31 Å². The van der Waals surface area contributed by atoms with Crippen molar-refractivity contribution in [1.29, 1.82) is 0 Å². The van der Waals surface area contributed by atoms with E-state index in [-0.39, 0.29) is 17.4 Å². The monoisotopic (exact) mass is 427 g/mol. The summed E-state index contributed by atoms with van der Waals surface area (Å²) >= 11 is 0. The molecule has 0 heterocycles. The van der Waals surface area contributed by atoms with Crippen LogP contribution >= 0.6 is 0 Å². The van der Waals surface area contributed by atoms with Crippen molar-refractivity contribution in [2.45, 2.75) is 39.5 Å². The Labute approximate surface area is 173 Å². The molecule has 0 spiro atoms. The third-order valence-corrected chi connectivity index (χ3v) is 6.11. The second kappa shape index (κ2) is 11.6. The molecule has 0 fully saturated rings. The molecule has 0 bridgehead atoms. The van der Waals surface area contributed by atoms with Crippen LogP contribution in [0.2, 0.25) is 0 Å². The van der Waals surface area contributed by atoms with E-state index in [1.165, 1.54) is 16.4 Å². The van der Waals surface area contributed by atoms with E-state index in [4.69, 9.17) is 0 Å². The molecule has 3 amide bonds. The topological polar surface area (TPSA) is 120 Å². The molecule has 1 aromatic carbocycles.